The zero-order valence-electron chi connectivity index (χ0n) is 16.1. The van der Waals surface area contributed by atoms with Crippen molar-refractivity contribution >= 4 is 34.4 Å². The van der Waals surface area contributed by atoms with Crippen molar-refractivity contribution in [2.24, 2.45) is 0 Å². The zero-order chi connectivity index (χ0) is 20.0. The van der Waals surface area contributed by atoms with Gasteiger partial charge in [0.25, 0.3) is 5.91 Å². The van der Waals surface area contributed by atoms with Crippen LogP contribution in [0.4, 0.5) is 5.82 Å². The Hall–Kier alpha value is -2.67. The molecule has 150 valence electrons. The molecule has 8 heteroatoms. The van der Waals surface area contributed by atoms with E-state index in [4.69, 9.17) is 22.3 Å². The second-order valence-corrected chi connectivity index (χ2v) is 8.32. The summed E-state index contributed by atoms with van der Waals surface area (Å²) < 4.78 is 1.86. The molecule has 2 fully saturated rings. The maximum atomic E-state index is 13.2. The van der Waals surface area contributed by atoms with Crippen LogP contribution in [0.1, 0.15) is 60.4 Å². The zero-order valence-corrected chi connectivity index (χ0v) is 16.9. The minimum Gasteiger partial charge on any atom is -0.384 e. The van der Waals surface area contributed by atoms with Gasteiger partial charge in [-0.05, 0) is 36.8 Å². The van der Waals surface area contributed by atoms with Gasteiger partial charge in [0.15, 0.2) is 0 Å². The van der Waals surface area contributed by atoms with Gasteiger partial charge in [-0.25, -0.2) is 15.0 Å². The summed E-state index contributed by atoms with van der Waals surface area (Å²) in [4.78, 5) is 28.1. The van der Waals surface area contributed by atoms with E-state index in [1.165, 1.54) is 25.6 Å². The number of likely N-dealkylation sites (tertiary alicyclic amines) is 1. The summed E-state index contributed by atoms with van der Waals surface area (Å²) in [6.07, 6.45) is 9.90. The molecule has 1 aliphatic heterocycles. The van der Waals surface area contributed by atoms with Crippen LogP contribution in [0.5, 0.6) is 0 Å². The van der Waals surface area contributed by atoms with Crippen LogP contribution in [0, 0.1) is 0 Å². The van der Waals surface area contributed by atoms with E-state index in [1.807, 2.05) is 15.5 Å². The molecule has 1 saturated carbocycles. The number of carbonyl (C=O) groups excluding carboxylic acids is 1. The number of rotatable bonds is 3. The first-order valence-corrected chi connectivity index (χ1v) is 10.6. The summed E-state index contributed by atoms with van der Waals surface area (Å²) in [5.74, 6) is 1.35. The number of anilines is 1. The lowest BCUT2D eigenvalue weighted by Crippen LogP contribution is -2.42. The van der Waals surface area contributed by atoms with Gasteiger partial charge in [-0.15, -0.1) is 0 Å². The Labute approximate surface area is 173 Å². The minimum atomic E-state index is 0.0320. The first-order valence-electron chi connectivity index (χ1n) is 10.2. The van der Waals surface area contributed by atoms with E-state index < -0.39 is 0 Å². The van der Waals surface area contributed by atoms with E-state index in [-0.39, 0.29) is 5.91 Å². The molecule has 0 atom stereocenters. The maximum Gasteiger partial charge on any atom is 0.255 e. The van der Waals surface area contributed by atoms with Crippen molar-refractivity contribution in [3.8, 4) is 5.82 Å². The molecule has 5 rings (SSSR count). The van der Waals surface area contributed by atoms with Gasteiger partial charge >= 0.3 is 0 Å². The number of hydrogen-bond donors (Lipinski definition) is 1. The number of aromatic nitrogens is 4. The standard InChI is InChI=1S/C21H23ClN6O/c22-14-9-15-20(26-12-28(15)17-10-16(23)24-11-25-17)18(13-5-2-1-3-6-13)19(14)21(29)27-7-4-8-27/h9-13H,1-8H2,(H2,23,24,25). The van der Waals surface area contributed by atoms with E-state index in [0.29, 0.717) is 28.1 Å². The molecule has 2 aliphatic rings. The molecule has 0 unspecified atom stereocenters. The predicted octanol–water partition coefficient (Wildman–Crippen LogP) is 3.94. The fourth-order valence-electron chi connectivity index (χ4n) is 4.50. The number of fused-ring (bicyclic) bond motifs is 1. The van der Waals surface area contributed by atoms with E-state index in [0.717, 1.165) is 48.9 Å². The molecule has 2 aromatic heterocycles. The maximum absolute atomic E-state index is 13.2. The van der Waals surface area contributed by atoms with Crippen LogP contribution in [-0.4, -0.2) is 43.4 Å². The summed E-state index contributed by atoms with van der Waals surface area (Å²) >= 11 is 6.75. The van der Waals surface area contributed by atoms with Crippen LogP contribution in [0.2, 0.25) is 5.02 Å². The van der Waals surface area contributed by atoms with Crippen LogP contribution >= 0.6 is 11.6 Å². The van der Waals surface area contributed by atoms with Crippen molar-refractivity contribution in [2.45, 2.75) is 44.4 Å². The number of hydrogen-bond acceptors (Lipinski definition) is 5. The highest BCUT2D eigenvalue weighted by molar-refractivity contribution is 6.35. The average molecular weight is 411 g/mol. The molecule has 0 bridgehead atoms. The molecule has 3 aromatic rings. The third-order valence-corrected chi connectivity index (χ3v) is 6.42. The molecule has 0 radical (unpaired) electrons. The van der Waals surface area contributed by atoms with Gasteiger partial charge in [0.1, 0.15) is 24.3 Å². The molecule has 29 heavy (non-hydrogen) atoms. The predicted molar refractivity (Wildman–Crippen MR) is 112 cm³/mol. The minimum absolute atomic E-state index is 0.0320. The molecular weight excluding hydrogens is 388 g/mol. The van der Waals surface area contributed by atoms with Gasteiger partial charge in [0, 0.05) is 19.2 Å². The number of carbonyl (C=O) groups is 1. The summed E-state index contributed by atoms with van der Waals surface area (Å²) in [7, 11) is 0. The number of imidazole rings is 1. The molecular formula is C21H23ClN6O. The van der Waals surface area contributed by atoms with Gasteiger partial charge in [0.05, 0.1) is 21.6 Å². The lowest BCUT2D eigenvalue weighted by atomic mass is 9.81. The van der Waals surface area contributed by atoms with Crippen molar-refractivity contribution in [3.63, 3.8) is 0 Å². The summed E-state index contributed by atoms with van der Waals surface area (Å²) in [6, 6.07) is 3.54. The van der Waals surface area contributed by atoms with E-state index in [2.05, 4.69) is 9.97 Å². The smallest absolute Gasteiger partial charge is 0.255 e. The Morgan fingerprint density at radius 2 is 1.86 bits per heavy atom. The van der Waals surface area contributed by atoms with Gasteiger partial charge in [-0.1, -0.05) is 30.9 Å². The van der Waals surface area contributed by atoms with Gasteiger partial charge < -0.3 is 10.6 Å². The molecule has 1 saturated heterocycles. The van der Waals surface area contributed by atoms with Crippen LogP contribution in [0.25, 0.3) is 16.9 Å². The largest absolute Gasteiger partial charge is 0.384 e. The van der Waals surface area contributed by atoms with Crippen molar-refractivity contribution < 1.29 is 4.79 Å². The van der Waals surface area contributed by atoms with Crippen molar-refractivity contribution in [2.75, 3.05) is 18.8 Å². The van der Waals surface area contributed by atoms with Crippen LogP contribution in [-0.2, 0) is 0 Å². The normalized spacial score (nSPS) is 17.5. The molecule has 1 amide bonds. The Morgan fingerprint density at radius 3 is 2.55 bits per heavy atom. The fourth-order valence-corrected chi connectivity index (χ4v) is 4.79. The van der Waals surface area contributed by atoms with Crippen molar-refractivity contribution in [1.29, 1.82) is 0 Å². The highest BCUT2D eigenvalue weighted by atomic mass is 35.5. The quantitative estimate of drug-likeness (QED) is 0.706. The monoisotopic (exact) mass is 410 g/mol. The third kappa shape index (κ3) is 3.13. The summed E-state index contributed by atoms with van der Waals surface area (Å²) in [6.45, 7) is 1.60. The van der Waals surface area contributed by atoms with Gasteiger partial charge in [-0.2, -0.15) is 0 Å². The second-order valence-electron chi connectivity index (χ2n) is 7.91. The van der Waals surface area contributed by atoms with Crippen LogP contribution < -0.4 is 5.73 Å². The Morgan fingerprint density at radius 1 is 1.07 bits per heavy atom. The van der Waals surface area contributed by atoms with E-state index >= 15 is 0 Å². The molecule has 7 nitrogen and oxygen atoms in total. The summed E-state index contributed by atoms with van der Waals surface area (Å²) in [5.41, 5.74) is 9.16. The average Bonchev–Trinajstić information content (AvgIpc) is 3.09. The molecule has 1 aliphatic carbocycles. The number of nitrogen functional groups attached to an aromatic ring is 1. The summed E-state index contributed by atoms with van der Waals surface area (Å²) in [5, 5.41) is 0.485. The molecule has 2 N–H and O–H groups in total. The Bertz CT molecular complexity index is 1080. The number of nitrogens with two attached hydrogens (primary N) is 1. The SMILES string of the molecule is Nc1cc(-n2cnc3c(C4CCCCC4)c(C(=O)N4CCC4)c(Cl)cc32)ncn1. The topological polar surface area (TPSA) is 89.9 Å². The Kier molecular flexibility index (Phi) is 4.62. The van der Waals surface area contributed by atoms with E-state index in [9.17, 15) is 4.79 Å². The van der Waals surface area contributed by atoms with Crippen molar-refractivity contribution in [3.05, 3.63) is 40.9 Å². The molecule has 0 spiro atoms. The van der Waals surface area contributed by atoms with Crippen LogP contribution in [0.15, 0.2) is 24.8 Å². The number of halogens is 1. The Balaban J connectivity index is 1.72. The lowest BCUT2D eigenvalue weighted by molar-refractivity contribution is 0.0650. The number of nitrogens with zero attached hydrogens (tertiary/aromatic N) is 5. The molecule has 1 aromatic carbocycles. The van der Waals surface area contributed by atoms with Crippen LogP contribution in [0.3, 0.4) is 0 Å². The second kappa shape index (κ2) is 7.30. The van der Waals surface area contributed by atoms with E-state index in [1.54, 1.807) is 12.4 Å². The third-order valence-electron chi connectivity index (χ3n) is 6.12. The van der Waals surface area contributed by atoms with Crippen molar-refractivity contribution in [1.82, 2.24) is 24.4 Å². The highest BCUT2D eigenvalue weighted by Gasteiger charge is 2.32. The van der Waals surface area contributed by atoms with Gasteiger partial charge in [-0.3, -0.25) is 9.36 Å². The number of benzene rings is 1. The lowest BCUT2D eigenvalue weighted by Gasteiger charge is -2.33. The van der Waals surface area contributed by atoms with Gasteiger partial charge in [0.2, 0.25) is 0 Å². The number of amides is 1. The molecule has 3 heterocycles. The highest BCUT2D eigenvalue weighted by Crippen LogP contribution is 2.41. The fraction of sp³-hybridized carbons (Fsp3) is 0.429. The first-order chi connectivity index (χ1) is 14.1. The first kappa shape index (κ1) is 18.4.